The lowest BCUT2D eigenvalue weighted by Crippen LogP contribution is -2.51. The van der Waals surface area contributed by atoms with Gasteiger partial charge in [-0.3, -0.25) is 9.69 Å². The third kappa shape index (κ3) is 4.25. The zero-order valence-corrected chi connectivity index (χ0v) is 11.7. The summed E-state index contributed by atoms with van der Waals surface area (Å²) < 4.78 is 5.04. The highest BCUT2D eigenvalue weighted by atomic mass is 16.5. The standard InChI is InChI=1S/C14H26N2O2/c1-3-11-7-13(15-12-5-6-12)9-16(8-11)10-14(17)18-4-2/h11-13,15H,3-10H2,1-2H3. The fourth-order valence-corrected chi connectivity index (χ4v) is 2.82. The topological polar surface area (TPSA) is 41.6 Å². The van der Waals surface area contributed by atoms with E-state index >= 15 is 0 Å². The highest BCUT2D eigenvalue weighted by molar-refractivity contribution is 5.71. The third-order valence-corrected chi connectivity index (χ3v) is 3.90. The van der Waals surface area contributed by atoms with Crippen molar-refractivity contribution < 1.29 is 9.53 Å². The molecule has 0 aromatic heterocycles. The normalized spacial score (nSPS) is 29.2. The van der Waals surface area contributed by atoms with Crippen molar-refractivity contribution in [2.45, 2.75) is 51.6 Å². The first-order valence-electron chi connectivity index (χ1n) is 7.35. The molecule has 1 saturated carbocycles. The number of hydrogen-bond acceptors (Lipinski definition) is 4. The SMILES string of the molecule is CCOC(=O)CN1CC(CC)CC(NC2CC2)C1. The Hall–Kier alpha value is -0.610. The molecule has 18 heavy (non-hydrogen) atoms. The van der Waals surface area contributed by atoms with Crippen LogP contribution < -0.4 is 5.32 Å². The summed E-state index contributed by atoms with van der Waals surface area (Å²) in [6, 6.07) is 1.31. The smallest absolute Gasteiger partial charge is 0.320 e. The van der Waals surface area contributed by atoms with Crippen LogP contribution in [0, 0.1) is 5.92 Å². The molecule has 2 unspecified atom stereocenters. The largest absolute Gasteiger partial charge is 0.465 e. The fraction of sp³-hybridized carbons (Fsp3) is 0.929. The van der Waals surface area contributed by atoms with E-state index in [-0.39, 0.29) is 5.97 Å². The summed E-state index contributed by atoms with van der Waals surface area (Å²) in [6.45, 7) is 7.07. The average molecular weight is 254 g/mol. The number of carbonyl (C=O) groups excluding carboxylic acids is 1. The summed E-state index contributed by atoms with van der Waals surface area (Å²) in [4.78, 5) is 13.8. The summed E-state index contributed by atoms with van der Waals surface area (Å²) in [5.41, 5.74) is 0. The number of piperidine rings is 1. The van der Waals surface area contributed by atoms with E-state index in [0.717, 1.165) is 19.1 Å². The molecule has 0 bridgehead atoms. The van der Waals surface area contributed by atoms with Crippen LogP contribution in [0.1, 0.15) is 39.5 Å². The number of nitrogens with zero attached hydrogens (tertiary/aromatic N) is 1. The van der Waals surface area contributed by atoms with Crippen LogP contribution in [-0.4, -0.2) is 49.2 Å². The van der Waals surface area contributed by atoms with E-state index in [0.29, 0.717) is 25.1 Å². The maximum atomic E-state index is 11.6. The monoisotopic (exact) mass is 254 g/mol. The zero-order chi connectivity index (χ0) is 13.0. The third-order valence-electron chi connectivity index (χ3n) is 3.90. The van der Waals surface area contributed by atoms with Crippen molar-refractivity contribution in [1.82, 2.24) is 10.2 Å². The molecule has 4 nitrogen and oxygen atoms in total. The van der Waals surface area contributed by atoms with Gasteiger partial charge in [-0.25, -0.2) is 0 Å². The first-order valence-corrected chi connectivity index (χ1v) is 7.35. The zero-order valence-electron chi connectivity index (χ0n) is 11.7. The second-order valence-corrected chi connectivity index (χ2v) is 5.65. The summed E-state index contributed by atoms with van der Waals surface area (Å²) >= 11 is 0. The van der Waals surface area contributed by atoms with Gasteiger partial charge >= 0.3 is 5.97 Å². The quantitative estimate of drug-likeness (QED) is 0.728. The van der Waals surface area contributed by atoms with E-state index < -0.39 is 0 Å². The summed E-state index contributed by atoms with van der Waals surface area (Å²) in [5, 5.41) is 3.70. The number of likely N-dealkylation sites (tertiary alicyclic amines) is 1. The van der Waals surface area contributed by atoms with E-state index in [9.17, 15) is 4.79 Å². The molecule has 0 aromatic carbocycles. The van der Waals surface area contributed by atoms with Gasteiger partial charge < -0.3 is 10.1 Å². The van der Waals surface area contributed by atoms with Gasteiger partial charge in [0, 0.05) is 25.2 Å². The average Bonchev–Trinajstić information content (AvgIpc) is 3.12. The maximum absolute atomic E-state index is 11.6. The minimum Gasteiger partial charge on any atom is -0.465 e. The van der Waals surface area contributed by atoms with E-state index in [4.69, 9.17) is 4.74 Å². The van der Waals surface area contributed by atoms with E-state index in [1.165, 1.54) is 25.7 Å². The molecular formula is C14H26N2O2. The van der Waals surface area contributed by atoms with Crippen molar-refractivity contribution in [1.29, 1.82) is 0 Å². The Morgan fingerprint density at radius 2 is 2.06 bits per heavy atom. The van der Waals surface area contributed by atoms with Crippen molar-refractivity contribution in [2.75, 3.05) is 26.2 Å². The Morgan fingerprint density at radius 3 is 2.67 bits per heavy atom. The van der Waals surface area contributed by atoms with E-state index in [2.05, 4.69) is 17.1 Å². The molecule has 1 aliphatic heterocycles. The summed E-state index contributed by atoms with van der Waals surface area (Å²) in [6.07, 6.45) is 5.10. The van der Waals surface area contributed by atoms with Crippen LogP contribution in [0.5, 0.6) is 0 Å². The van der Waals surface area contributed by atoms with Crippen molar-refractivity contribution in [3.63, 3.8) is 0 Å². The van der Waals surface area contributed by atoms with Crippen LogP contribution in [0.2, 0.25) is 0 Å². The molecule has 0 radical (unpaired) electrons. The predicted octanol–water partition coefficient (Wildman–Crippen LogP) is 1.40. The van der Waals surface area contributed by atoms with Gasteiger partial charge in [0.25, 0.3) is 0 Å². The minimum absolute atomic E-state index is 0.0839. The van der Waals surface area contributed by atoms with Crippen LogP contribution in [0.3, 0.4) is 0 Å². The Balaban J connectivity index is 1.82. The van der Waals surface area contributed by atoms with Gasteiger partial charge in [-0.1, -0.05) is 13.3 Å². The predicted molar refractivity (Wildman–Crippen MR) is 71.4 cm³/mol. The lowest BCUT2D eigenvalue weighted by molar-refractivity contribution is -0.145. The molecule has 0 aromatic rings. The number of rotatable bonds is 6. The van der Waals surface area contributed by atoms with Crippen LogP contribution >= 0.6 is 0 Å². The van der Waals surface area contributed by atoms with Gasteiger partial charge in [0.15, 0.2) is 0 Å². The van der Waals surface area contributed by atoms with Gasteiger partial charge in [-0.2, -0.15) is 0 Å². The number of nitrogens with one attached hydrogen (secondary N) is 1. The van der Waals surface area contributed by atoms with Crippen LogP contribution in [-0.2, 0) is 9.53 Å². The molecule has 1 heterocycles. The van der Waals surface area contributed by atoms with Crippen LogP contribution in [0.15, 0.2) is 0 Å². The van der Waals surface area contributed by atoms with E-state index in [1.54, 1.807) is 0 Å². The molecular weight excluding hydrogens is 228 g/mol. The molecule has 2 fully saturated rings. The first kappa shape index (κ1) is 13.8. The highest BCUT2D eigenvalue weighted by Gasteiger charge is 2.31. The van der Waals surface area contributed by atoms with Gasteiger partial charge in [0.1, 0.15) is 0 Å². The molecule has 104 valence electrons. The maximum Gasteiger partial charge on any atom is 0.320 e. The van der Waals surface area contributed by atoms with Crippen molar-refractivity contribution in [2.24, 2.45) is 5.92 Å². The molecule has 1 aliphatic carbocycles. The number of hydrogen-bond donors (Lipinski definition) is 1. The first-order chi connectivity index (χ1) is 8.71. The fourth-order valence-electron chi connectivity index (χ4n) is 2.82. The van der Waals surface area contributed by atoms with Gasteiger partial charge in [0.05, 0.1) is 13.2 Å². The second-order valence-electron chi connectivity index (χ2n) is 5.65. The van der Waals surface area contributed by atoms with Gasteiger partial charge in [-0.05, 0) is 32.1 Å². The van der Waals surface area contributed by atoms with Gasteiger partial charge in [0.2, 0.25) is 0 Å². The number of esters is 1. The van der Waals surface area contributed by atoms with Crippen molar-refractivity contribution >= 4 is 5.97 Å². The highest BCUT2D eigenvalue weighted by Crippen LogP contribution is 2.25. The molecule has 1 saturated heterocycles. The minimum atomic E-state index is -0.0839. The molecule has 0 amide bonds. The van der Waals surface area contributed by atoms with E-state index in [1.807, 2.05) is 6.92 Å². The number of carbonyl (C=O) groups is 1. The van der Waals surface area contributed by atoms with Gasteiger partial charge in [-0.15, -0.1) is 0 Å². The van der Waals surface area contributed by atoms with Crippen LogP contribution in [0.4, 0.5) is 0 Å². The lowest BCUT2D eigenvalue weighted by Gasteiger charge is -2.37. The Labute approximate surface area is 110 Å². The molecule has 1 N–H and O–H groups in total. The Morgan fingerprint density at radius 1 is 1.28 bits per heavy atom. The second kappa shape index (κ2) is 6.53. The Bertz CT molecular complexity index is 279. The van der Waals surface area contributed by atoms with Crippen molar-refractivity contribution in [3.05, 3.63) is 0 Å². The molecule has 2 aliphatic rings. The lowest BCUT2D eigenvalue weighted by atomic mass is 9.92. The molecule has 0 spiro atoms. The number of ether oxygens (including phenoxy) is 1. The molecule has 4 heteroatoms. The van der Waals surface area contributed by atoms with Crippen molar-refractivity contribution in [3.8, 4) is 0 Å². The molecule has 2 atom stereocenters. The summed E-state index contributed by atoms with van der Waals surface area (Å²) in [7, 11) is 0. The van der Waals surface area contributed by atoms with Crippen LogP contribution in [0.25, 0.3) is 0 Å². The molecule has 2 rings (SSSR count). The Kier molecular flexibility index (Phi) is 5.01. The summed E-state index contributed by atoms with van der Waals surface area (Å²) in [5.74, 6) is 0.629.